The van der Waals surface area contributed by atoms with Gasteiger partial charge in [0.05, 0.1) is 13.0 Å². The van der Waals surface area contributed by atoms with E-state index in [1.54, 1.807) is 19.2 Å². The molecular formula is C18H23N3O3. The SMILES string of the molecule is COc1ccc(C(=O)N2CCC[C@@H](c3nc(C(C)C)no3)C2)cc1. The van der Waals surface area contributed by atoms with Gasteiger partial charge < -0.3 is 14.2 Å². The first kappa shape index (κ1) is 16.5. The number of amides is 1. The quantitative estimate of drug-likeness (QED) is 0.861. The van der Waals surface area contributed by atoms with E-state index >= 15 is 0 Å². The average molecular weight is 329 g/mol. The molecule has 128 valence electrons. The number of hydrogen-bond acceptors (Lipinski definition) is 5. The summed E-state index contributed by atoms with van der Waals surface area (Å²) in [5.41, 5.74) is 0.671. The molecule has 0 saturated carbocycles. The molecule has 6 nitrogen and oxygen atoms in total. The molecule has 1 aromatic carbocycles. The molecule has 0 aliphatic carbocycles. The zero-order chi connectivity index (χ0) is 17.1. The van der Waals surface area contributed by atoms with Crippen molar-refractivity contribution in [3.63, 3.8) is 0 Å². The van der Waals surface area contributed by atoms with Crippen LogP contribution in [0.5, 0.6) is 5.75 Å². The van der Waals surface area contributed by atoms with Crippen LogP contribution in [-0.4, -0.2) is 41.1 Å². The number of aromatic nitrogens is 2. The fraction of sp³-hybridized carbons (Fsp3) is 0.500. The van der Waals surface area contributed by atoms with Crippen molar-refractivity contribution < 1.29 is 14.1 Å². The average Bonchev–Trinajstić information content (AvgIpc) is 3.12. The van der Waals surface area contributed by atoms with E-state index in [2.05, 4.69) is 10.1 Å². The molecule has 1 amide bonds. The van der Waals surface area contributed by atoms with E-state index in [-0.39, 0.29) is 17.7 Å². The first-order valence-electron chi connectivity index (χ1n) is 8.35. The minimum absolute atomic E-state index is 0.0333. The molecule has 0 N–H and O–H groups in total. The van der Waals surface area contributed by atoms with Crippen LogP contribution in [0.25, 0.3) is 0 Å². The second kappa shape index (κ2) is 7.03. The number of ether oxygens (including phenoxy) is 1. The first-order valence-corrected chi connectivity index (χ1v) is 8.35. The molecule has 2 heterocycles. The summed E-state index contributed by atoms with van der Waals surface area (Å²) in [5.74, 6) is 2.50. The highest BCUT2D eigenvalue weighted by Crippen LogP contribution is 2.27. The van der Waals surface area contributed by atoms with Gasteiger partial charge in [-0.15, -0.1) is 0 Å². The third-order valence-electron chi connectivity index (χ3n) is 4.37. The molecule has 1 atom stereocenters. The number of hydrogen-bond donors (Lipinski definition) is 0. The maximum Gasteiger partial charge on any atom is 0.253 e. The number of nitrogens with zero attached hydrogens (tertiary/aromatic N) is 3. The van der Waals surface area contributed by atoms with Crippen molar-refractivity contribution in [3.8, 4) is 5.75 Å². The summed E-state index contributed by atoms with van der Waals surface area (Å²) in [6, 6.07) is 7.21. The second-order valence-electron chi connectivity index (χ2n) is 6.46. The summed E-state index contributed by atoms with van der Waals surface area (Å²) in [7, 11) is 1.61. The van der Waals surface area contributed by atoms with Crippen LogP contribution in [0.2, 0.25) is 0 Å². The third kappa shape index (κ3) is 3.42. The van der Waals surface area contributed by atoms with Crippen molar-refractivity contribution in [2.24, 2.45) is 0 Å². The molecule has 6 heteroatoms. The highest BCUT2D eigenvalue weighted by atomic mass is 16.5. The third-order valence-corrected chi connectivity index (χ3v) is 4.37. The van der Waals surface area contributed by atoms with Crippen LogP contribution in [0.4, 0.5) is 0 Å². The van der Waals surface area contributed by atoms with Crippen molar-refractivity contribution in [2.45, 2.75) is 38.5 Å². The van der Waals surface area contributed by atoms with Gasteiger partial charge in [-0.3, -0.25) is 4.79 Å². The second-order valence-corrected chi connectivity index (χ2v) is 6.46. The summed E-state index contributed by atoms with van der Waals surface area (Å²) in [6.07, 6.45) is 1.90. The zero-order valence-corrected chi connectivity index (χ0v) is 14.4. The Bertz CT molecular complexity index is 694. The number of rotatable bonds is 4. The van der Waals surface area contributed by atoms with E-state index in [1.165, 1.54) is 0 Å². The zero-order valence-electron chi connectivity index (χ0n) is 14.4. The lowest BCUT2D eigenvalue weighted by Gasteiger charge is -2.31. The van der Waals surface area contributed by atoms with Crippen LogP contribution in [0.3, 0.4) is 0 Å². The van der Waals surface area contributed by atoms with Gasteiger partial charge in [-0.1, -0.05) is 19.0 Å². The molecule has 0 bridgehead atoms. The normalized spacial score (nSPS) is 18.0. The minimum Gasteiger partial charge on any atom is -0.497 e. The maximum absolute atomic E-state index is 12.7. The Kier molecular flexibility index (Phi) is 4.83. The molecule has 1 saturated heterocycles. The van der Waals surface area contributed by atoms with Crippen molar-refractivity contribution in [2.75, 3.05) is 20.2 Å². The monoisotopic (exact) mass is 329 g/mol. The van der Waals surface area contributed by atoms with Crippen molar-refractivity contribution in [1.82, 2.24) is 15.0 Å². The van der Waals surface area contributed by atoms with Crippen LogP contribution >= 0.6 is 0 Å². The summed E-state index contributed by atoms with van der Waals surface area (Å²) >= 11 is 0. The van der Waals surface area contributed by atoms with Crippen LogP contribution in [-0.2, 0) is 0 Å². The lowest BCUT2D eigenvalue weighted by Crippen LogP contribution is -2.39. The summed E-state index contributed by atoms with van der Waals surface area (Å²) in [5, 5.41) is 4.03. The molecule has 0 unspecified atom stereocenters. The molecule has 1 aliphatic heterocycles. The molecule has 2 aromatic rings. The highest BCUT2D eigenvalue weighted by molar-refractivity contribution is 5.94. The van der Waals surface area contributed by atoms with Gasteiger partial charge in [0.1, 0.15) is 5.75 Å². The maximum atomic E-state index is 12.7. The molecule has 0 spiro atoms. The van der Waals surface area contributed by atoms with Gasteiger partial charge in [0.15, 0.2) is 5.82 Å². The van der Waals surface area contributed by atoms with Gasteiger partial charge in [-0.05, 0) is 37.1 Å². The number of benzene rings is 1. The van der Waals surface area contributed by atoms with E-state index in [0.717, 1.165) is 31.0 Å². The fourth-order valence-electron chi connectivity index (χ4n) is 2.93. The van der Waals surface area contributed by atoms with Gasteiger partial charge in [0.25, 0.3) is 5.91 Å². The van der Waals surface area contributed by atoms with Gasteiger partial charge in [-0.2, -0.15) is 4.98 Å². The lowest BCUT2D eigenvalue weighted by atomic mass is 9.97. The Morgan fingerprint density at radius 1 is 1.33 bits per heavy atom. The molecule has 1 aliphatic rings. The van der Waals surface area contributed by atoms with E-state index in [9.17, 15) is 4.79 Å². The van der Waals surface area contributed by atoms with Crippen molar-refractivity contribution in [3.05, 3.63) is 41.5 Å². The minimum atomic E-state index is 0.0333. The standard InChI is InChI=1S/C18H23N3O3/c1-12(2)16-19-17(24-20-16)14-5-4-10-21(11-14)18(22)13-6-8-15(23-3)9-7-13/h6-9,12,14H,4-5,10-11H2,1-3H3/t14-/m1/s1. The predicted molar refractivity (Wildman–Crippen MR) is 89.3 cm³/mol. The Morgan fingerprint density at radius 3 is 2.71 bits per heavy atom. The smallest absolute Gasteiger partial charge is 0.253 e. The van der Waals surface area contributed by atoms with Crippen LogP contribution in [0.15, 0.2) is 28.8 Å². The van der Waals surface area contributed by atoms with E-state index in [0.29, 0.717) is 18.0 Å². The van der Waals surface area contributed by atoms with E-state index < -0.39 is 0 Å². The number of methoxy groups -OCH3 is 1. The topological polar surface area (TPSA) is 68.5 Å². The molecule has 1 fully saturated rings. The number of likely N-dealkylation sites (tertiary alicyclic amines) is 1. The largest absolute Gasteiger partial charge is 0.497 e. The highest BCUT2D eigenvalue weighted by Gasteiger charge is 2.29. The Morgan fingerprint density at radius 2 is 2.08 bits per heavy atom. The molecular weight excluding hydrogens is 306 g/mol. The first-order chi connectivity index (χ1) is 11.6. The van der Waals surface area contributed by atoms with Crippen LogP contribution in [0.1, 0.15) is 60.6 Å². The van der Waals surface area contributed by atoms with Crippen molar-refractivity contribution in [1.29, 1.82) is 0 Å². The van der Waals surface area contributed by atoms with Crippen molar-refractivity contribution >= 4 is 5.91 Å². The van der Waals surface area contributed by atoms with E-state index in [4.69, 9.17) is 9.26 Å². The lowest BCUT2D eigenvalue weighted by molar-refractivity contribution is 0.0695. The number of piperidine rings is 1. The molecule has 3 rings (SSSR count). The van der Waals surface area contributed by atoms with Gasteiger partial charge in [0, 0.05) is 24.6 Å². The number of carbonyl (C=O) groups is 1. The van der Waals surface area contributed by atoms with Gasteiger partial charge in [-0.25, -0.2) is 0 Å². The molecule has 24 heavy (non-hydrogen) atoms. The van der Waals surface area contributed by atoms with Gasteiger partial charge >= 0.3 is 0 Å². The molecule has 1 aromatic heterocycles. The summed E-state index contributed by atoms with van der Waals surface area (Å²) in [6.45, 7) is 5.45. The number of carbonyl (C=O) groups excluding carboxylic acids is 1. The Hall–Kier alpha value is -2.37. The Balaban J connectivity index is 1.70. The fourth-order valence-corrected chi connectivity index (χ4v) is 2.93. The van der Waals surface area contributed by atoms with E-state index in [1.807, 2.05) is 30.9 Å². The van der Waals surface area contributed by atoms with Crippen LogP contribution in [0, 0.1) is 0 Å². The Labute approximate surface area is 141 Å². The van der Waals surface area contributed by atoms with Gasteiger partial charge in [0.2, 0.25) is 5.89 Å². The van der Waals surface area contributed by atoms with Crippen LogP contribution < -0.4 is 4.74 Å². The summed E-state index contributed by atoms with van der Waals surface area (Å²) < 4.78 is 10.6. The molecule has 0 radical (unpaired) electrons. The summed E-state index contributed by atoms with van der Waals surface area (Å²) in [4.78, 5) is 19.1. The predicted octanol–water partition coefficient (Wildman–Crippen LogP) is 3.22.